The number of piperidine rings is 1. The number of ether oxygens (including phenoxy) is 2. The quantitative estimate of drug-likeness (QED) is 0.843. The van der Waals surface area contributed by atoms with Gasteiger partial charge >= 0.3 is 6.09 Å². The summed E-state index contributed by atoms with van der Waals surface area (Å²) in [4.78, 5) is 13.9. The van der Waals surface area contributed by atoms with Gasteiger partial charge in [0.05, 0.1) is 24.7 Å². The second-order valence-electron chi connectivity index (χ2n) is 7.38. The van der Waals surface area contributed by atoms with E-state index in [1.807, 2.05) is 51.1 Å². The fourth-order valence-electron chi connectivity index (χ4n) is 2.79. The number of rotatable bonds is 4. The first-order valence-electron chi connectivity index (χ1n) is 8.34. The van der Waals surface area contributed by atoms with Crippen molar-refractivity contribution in [1.29, 1.82) is 5.26 Å². The van der Waals surface area contributed by atoms with E-state index in [0.717, 1.165) is 18.4 Å². The fourth-order valence-corrected chi connectivity index (χ4v) is 2.79. The Bertz CT molecular complexity index is 589. The first-order valence-corrected chi connectivity index (χ1v) is 8.34. The van der Waals surface area contributed by atoms with Crippen molar-refractivity contribution >= 4 is 6.09 Å². The molecule has 1 unspecified atom stereocenters. The molecule has 24 heavy (non-hydrogen) atoms. The lowest BCUT2D eigenvalue weighted by atomic mass is 9.82. The lowest BCUT2D eigenvalue weighted by molar-refractivity contribution is -0.00946. The molecule has 130 valence electrons. The first kappa shape index (κ1) is 18.3. The second kappa shape index (κ2) is 7.67. The summed E-state index contributed by atoms with van der Waals surface area (Å²) in [5.74, 6) is 0. The Kier molecular flexibility index (Phi) is 5.84. The number of benzene rings is 1. The summed E-state index contributed by atoms with van der Waals surface area (Å²) < 4.78 is 11.2. The van der Waals surface area contributed by atoms with E-state index in [4.69, 9.17) is 9.47 Å². The molecule has 0 saturated carbocycles. The summed E-state index contributed by atoms with van der Waals surface area (Å²) in [5.41, 5.74) is -0.122. The third-order valence-electron chi connectivity index (χ3n) is 3.96. The number of likely N-dealkylation sites (tertiary alicyclic amines) is 1. The Balaban J connectivity index is 1.93. The normalized spacial score (nSPS) is 21.2. The molecule has 1 aromatic rings. The molecule has 0 bridgehead atoms. The van der Waals surface area contributed by atoms with Gasteiger partial charge in [-0.3, -0.25) is 0 Å². The minimum atomic E-state index is -0.663. The molecule has 1 heterocycles. The van der Waals surface area contributed by atoms with Crippen LogP contribution in [0.1, 0.15) is 39.2 Å². The van der Waals surface area contributed by atoms with E-state index >= 15 is 0 Å². The predicted molar refractivity (Wildman–Crippen MR) is 91.2 cm³/mol. The summed E-state index contributed by atoms with van der Waals surface area (Å²) in [5, 5.41) is 9.66. The van der Waals surface area contributed by atoms with E-state index in [1.165, 1.54) is 0 Å². The van der Waals surface area contributed by atoms with E-state index in [-0.39, 0.29) is 6.09 Å². The lowest BCUT2D eigenvalue weighted by Crippen LogP contribution is -2.49. The topological polar surface area (TPSA) is 62.6 Å². The molecule has 0 radical (unpaired) electrons. The minimum Gasteiger partial charge on any atom is -0.444 e. The lowest BCUT2D eigenvalue weighted by Gasteiger charge is -2.38. The van der Waals surface area contributed by atoms with E-state index in [1.54, 1.807) is 4.90 Å². The van der Waals surface area contributed by atoms with Gasteiger partial charge in [-0.15, -0.1) is 0 Å². The Labute approximate surface area is 144 Å². The monoisotopic (exact) mass is 330 g/mol. The summed E-state index contributed by atoms with van der Waals surface area (Å²) in [7, 11) is 0. The number of hydrogen-bond acceptors (Lipinski definition) is 4. The Hall–Kier alpha value is -2.06. The molecule has 2 rings (SSSR count). The maximum Gasteiger partial charge on any atom is 0.410 e. The molecule has 0 aliphatic carbocycles. The zero-order valence-corrected chi connectivity index (χ0v) is 14.7. The zero-order valence-electron chi connectivity index (χ0n) is 14.7. The SMILES string of the molecule is CC(C)(C)OC(=O)N1CCCC(C#N)(COCc2ccccc2)C1. The van der Waals surface area contributed by atoms with Crippen LogP contribution in [0.25, 0.3) is 0 Å². The molecule has 5 nitrogen and oxygen atoms in total. The molecule has 1 fully saturated rings. The largest absolute Gasteiger partial charge is 0.444 e. The van der Waals surface area contributed by atoms with Gasteiger partial charge in [-0.1, -0.05) is 30.3 Å². The number of amides is 1. The zero-order chi connectivity index (χ0) is 17.6. The van der Waals surface area contributed by atoms with Crippen LogP contribution in [0, 0.1) is 16.7 Å². The first-order chi connectivity index (χ1) is 11.3. The van der Waals surface area contributed by atoms with Crippen molar-refractivity contribution in [1.82, 2.24) is 4.90 Å². The second-order valence-corrected chi connectivity index (χ2v) is 7.38. The van der Waals surface area contributed by atoms with Gasteiger partial charge in [0.1, 0.15) is 5.60 Å². The Morgan fingerprint density at radius 2 is 2.04 bits per heavy atom. The smallest absolute Gasteiger partial charge is 0.410 e. The van der Waals surface area contributed by atoms with Gasteiger partial charge in [0.15, 0.2) is 0 Å². The van der Waals surface area contributed by atoms with Crippen LogP contribution in [0.15, 0.2) is 30.3 Å². The van der Waals surface area contributed by atoms with Crippen molar-refractivity contribution in [2.45, 2.75) is 45.8 Å². The molecule has 0 aromatic heterocycles. The minimum absolute atomic E-state index is 0.317. The molecular formula is C19H26N2O3. The van der Waals surface area contributed by atoms with E-state index in [9.17, 15) is 10.1 Å². The van der Waals surface area contributed by atoms with E-state index in [0.29, 0.717) is 26.3 Å². The average Bonchev–Trinajstić information content (AvgIpc) is 2.54. The van der Waals surface area contributed by atoms with Crippen molar-refractivity contribution in [3.05, 3.63) is 35.9 Å². The molecular weight excluding hydrogens is 304 g/mol. The highest BCUT2D eigenvalue weighted by Gasteiger charge is 2.39. The highest BCUT2D eigenvalue weighted by atomic mass is 16.6. The van der Waals surface area contributed by atoms with Gasteiger partial charge in [-0.05, 0) is 39.2 Å². The van der Waals surface area contributed by atoms with Gasteiger partial charge in [-0.2, -0.15) is 5.26 Å². The van der Waals surface area contributed by atoms with Crippen LogP contribution in [0.2, 0.25) is 0 Å². The summed E-state index contributed by atoms with van der Waals surface area (Å²) >= 11 is 0. The molecule has 0 N–H and O–H groups in total. The van der Waals surface area contributed by atoms with E-state index in [2.05, 4.69) is 6.07 Å². The fraction of sp³-hybridized carbons (Fsp3) is 0.579. The van der Waals surface area contributed by atoms with Crippen LogP contribution in [0.3, 0.4) is 0 Å². The molecule has 1 aromatic carbocycles. The molecule has 5 heteroatoms. The summed E-state index contributed by atoms with van der Waals surface area (Å²) in [6.07, 6.45) is 1.16. The van der Waals surface area contributed by atoms with Crippen LogP contribution < -0.4 is 0 Å². The maximum atomic E-state index is 12.3. The third-order valence-corrected chi connectivity index (χ3v) is 3.96. The Morgan fingerprint density at radius 3 is 2.67 bits per heavy atom. The highest BCUT2D eigenvalue weighted by Crippen LogP contribution is 2.31. The van der Waals surface area contributed by atoms with Crippen molar-refractivity contribution in [2.24, 2.45) is 5.41 Å². The predicted octanol–water partition coefficient (Wildman–Crippen LogP) is 3.74. The number of nitrogens with zero attached hydrogens (tertiary/aromatic N) is 2. The standard InChI is InChI=1S/C19H26N2O3/c1-18(2,3)24-17(22)21-11-7-10-19(13-20,14-21)15-23-12-16-8-5-4-6-9-16/h4-6,8-9H,7,10-12,14-15H2,1-3H3. The summed E-state index contributed by atoms with van der Waals surface area (Å²) in [6.45, 7) is 7.29. The van der Waals surface area contributed by atoms with Crippen LogP contribution in [-0.4, -0.2) is 36.3 Å². The molecule has 1 aliphatic heterocycles. The van der Waals surface area contributed by atoms with Gasteiger partial charge in [0.2, 0.25) is 0 Å². The van der Waals surface area contributed by atoms with Crippen LogP contribution >= 0.6 is 0 Å². The van der Waals surface area contributed by atoms with E-state index < -0.39 is 11.0 Å². The van der Waals surface area contributed by atoms with Gasteiger partial charge in [0, 0.05) is 13.1 Å². The maximum absolute atomic E-state index is 12.3. The van der Waals surface area contributed by atoms with Crippen LogP contribution in [0.4, 0.5) is 4.79 Å². The molecule has 1 aliphatic rings. The van der Waals surface area contributed by atoms with Gasteiger partial charge in [-0.25, -0.2) is 4.79 Å². The summed E-state index contributed by atoms with van der Waals surface area (Å²) in [6, 6.07) is 12.2. The van der Waals surface area contributed by atoms with Crippen LogP contribution in [0.5, 0.6) is 0 Å². The third kappa shape index (κ3) is 5.24. The van der Waals surface area contributed by atoms with Crippen molar-refractivity contribution in [3.8, 4) is 6.07 Å². The molecule has 1 amide bonds. The average molecular weight is 330 g/mol. The van der Waals surface area contributed by atoms with Crippen LogP contribution in [-0.2, 0) is 16.1 Å². The number of hydrogen-bond donors (Lipinski definition) is 0. The van der Waals surface area contributed by atoms with Gasteiger partial charge in [0.25, 0.3) is 0 Å². The van der Waals surface area contributed by atoms with Crippen molar-refractivity contribution in [2.75, 3.05) is 19.7 Å². The van der Waals surface area contributed by atoms with Gasteiger partial charge < -0.3 is 14.4 Å². The number of nitriles is 1. The highest BCUT2D eigenvalue weighted by molar-refractivity contribution is 5.68. The number of carbonyl (C=O) groups is 1. The Morgan fingerprint density at radius 1 is 1.33 bits per heavy atom. The number of carbonyl (C=O) groups excluding carboxylic acids is 1. The molecule has 1 saturated heterocycles. The van der Waals surface area contributed by atoms with Crippen molar-refractivity contribution in [3.63, 3.8) is 0 Å². The molecule has 1 atom stereocenters. The van der Waals surface area contributed by atoms with Crippen molar-refractivity contribution < 1.29 is 14.3 Å². The molecule has 0 spiro atoms.